The third-order valence-electron chi connectivity index (χ3n) is 1.74. The van der Waals surface area contributed by atoms with Crippen molar-refractivity contribution in [2.24, 2.45) is 10.9 Å². The van der Waals surface area contributed by atoms with E-state index in [0.29, 0.717) is 5.02 Å². The first-order valence-corrected chi connectivity index (χ1v) is 5.52. The van der Waals surface area contributed by atoms with Gasteiger partial charge in [0.2, 0.25) is 5.71 Å². The number of nitriles is 1. The van der Waals surface area contributed by atoms with Crippen LogP contribution in [0, 0.1) is 11.3 Å². The van der Waals surface area contributed by atoms with Crippen LogP contribution in [0.4, 0.5) is 5.69 Å². The van der Waals surface area contributed by atoms with E-state index in [1.54, 1.807) is 11.5 Å². The van der Waals surface area contributed by atoms with Gasteiger partial charge in [-0.1, -0.05) is 34.8 Å². The van der Waals surface area contributed by atoms with Crippen molar-refractivity contribution in [1.29, 1.82) is 5.26 Å². The Hall–Kier alpha value is -1.52. The minimum atomic E-state index is -0.841. The molecule has 0 saturated heterocycles. The van der Waals surface area contributed by atoms with Crippen LogP contribution >= 0.6 is 34.8 Å². The summed E-state index contributed by atoms with van der Waals surface area (Å²) < 4.78 is 0. The Morgan fingerprint density at radius 3 is 2.33 bits per heavy atom. The molecular weight excluding hydrogens is 300 g/mol. The summed E-state index contributed by atoms with van der Waals surface area (Å²) in [6.45, 7) is 0. The van der Waals surface area contributed by atoms with Gasteiger partial charge in [0, 0.05) is 5.02 Å². The predicted molar refractivity (Wildman–Crippen MR) is 70.5 cm³/mol. The average molecular weight is 307 g/mol. The molecule has 1 aromatic carbocycles. The lowest BCUT2D eigenvalue weighted by Gasteiger charge is -2.06. The van der Waals surface area contributed by atoms with Crippen molar-refractivity contribution in [1.82, 2.24) is 5.43 Å². The molecule has 6 nitrogen and oxygen atoms in total. The lowest BCUT2D eigenvalue weighted by atomic mass is 10.3. The number of carbonyl (C=O) groups excluding carboxylic acids is 1. The lowest BCUT2D eigenvalue weighted by Crippen LogP contribution is -2.36. The first-order valence-electron chi connectivity index (χ1n) is 4.39. The zero-order valence-corrected chi connectivity index (χ0v) is 10.9. The smallest absolute Gasteiger partial charge is 0.288 e. The summed E-state index contributed by atoms with van der Waals surface area (Å²) >= 11 is 17.5. The van der Waals surface area contributed by atoms with Gasteiger partial charge in [-0.15, -0.1) is 0 Å². The van der Waals surface area contributed by atoms with Crippen molar-refractivity contribution in [3.63, 3.8) is 0 Å². The summed E-state index contributed by atoms with van der Waals surface area (Å²) in [5.74, 6) is 4.03. The molecule has 0 bridgehead atoms. The number of nitrogens with one attached hydrogen (secondary N) is 2. The van der Waals surface area contributed by atoms with Crippen LogP contribution in [0.2, 0.25) is 15.1 Å². The van der Waals surface area contributed by atoms with E-state index in [9.17, 15) is 4.79 Å². The van der Waals surface area contributed by atoms with Crippen molar-refractivity contribution in [2.45, 2.75) is 0 Å². The third kappa shape index (κ3) is 3.48. The second-order valence-corrected chi connectivity index (χ2v) is 4.15. The van der Waals surface area contributed by atoms with Gasteiger partial charge >= 0.3 is 0 Å². The Morgan fingerprint density at radius 2 is 1.89 bits per heavy atom. The summed E-state index contributed by atoms with van der Waals surface area (Å²) in [5.41, 5.74) is 3.92. The summed E-state index contributed by atoms with van der Waals surface area (Å²) in [5, 5.41) is 12.9. The molecule has 0 radical (unpaired) electrons. The van der Waals surface area contributed by atoms with Crippen LogP contribution in [0.15, 0.2) is 17.2 Å². The van der Waals surface area contributed by atoms with Gasteiger partial charge in [0.15, 0.2) is 0 Å². The number of nitrogens with zero attached hydrogens (tertiary/aromatic N) is 2. The number of benzene rings is 1. The van der Waals surface area contributed by atoms with E-state index in [1.807, 2.05) is 0 Å². The summed E-state index contributed by atoms with van der Waals surface area (Å²) in [7, 11) is 0. The Kier molecular flexibility index (Phi) is 5.19. The van der Waals surface area contributed by atoms with Crippen molar-refractivity contribution in [3.05, 3.63) is 27.2 Å². The fourth-order valence-corrected chi connectivity index (χ4v) is 1.86. The number of anilines is 1. The first-order chi connectivity index (χ1) is 8.49. The number of halogens is 3. The Bertz CT molecular complexity index is 529. The molecule has 0 heterocycles. The van der Waals surface area contributed by atoms with Gasteiger partial charge in [-0.2, -0.15) is 10.4 Å². The summed E-state index contributed by atoms with van der Waals surface area (Å²) in [6, 6.07) is 4.42. The average Bonchev–Trinajstić information content (AvgIpc) is 2.31. The molecule has 9 heteroatoms. The topological polar surface area (TPSA) is 103 Å². The van der Waals surface area contributed by atoms with E-state index in [1.165, 1.54) is 12.1 Å². The minimum Gasteiger partial charge on any atom is -0.288 e. The molecule has 0 spiro atoms. The molecule has 18 heavy (non-hydrogen) atoms. The maximum Gasteiger partial charge on any atom is 0.296 e. The third-order valence-corrected chi connectivity index (χ3v) is 2.55. The fourth-order valence-electron chi connectivity index (χ4n) is 0.956. The van der Waals surface area contributed by atoms with E-state index in [-0.39, 0.29) is 15.7 Å². The van der Waals surface area contributed by atoms with Crippen LogP contribution in [0.25, 0.3) is 0 Å². The maximum absolute atomic E-state index is 11.1. The fraction of sp³-hybridized carbons (Fsp3) is 0. The summed E-state index contributed by atoms with van der Waals surface area (Å²) in [6.07, 6.45) is 0. The van der Waals surface area contributed by atoms with E-state index in [2.05, 4.69) is 10.5 Å². The Labute approximate surface area is 117 Å². The van der Waals surface area contributed by atoms with Crippen LogP contribution < -0.4 is 16.7 Å². The van der Waals surface area contributed by atoms with Crippen LogP contribution in [-0.4, -0.2) is 11.6 Å². The normalized spacial score (nSPS) is 10.7. The molecule has 94 valence electrons. The minimum absolute atomic E-state index is 0.196. The molecular formula is C9H6Cl3N5O. The highest BCUT2D eigenvalue weighted by Gasteiger charge is 2.11. The van der Waals surface area contributed by atoms with Crippen LogP contribution in [0.3, 0.4) is 0 Å². The quantitative estimate of drug-likeness (QED) is 0.343. The van der Waals surface area contributed by atoms with Gasteiger partial charge in [0.1, 0.15) is 6.07 Å². The van der Waals surface area contributed by atoms with Gasteiger partial charge in [0.05, 0.1) is 15.7 Å². The number of hydrazone groups is 1. The number of carbonyl (C=O) groups is 1. The summed E-state index contributed by atoms with van der Waals surface area (Å²) in [4.78, 5) is 11.1. The van der Waals surface area contributed by atoms with Crippen LogP contribution in [-0.2, 0) is 4.79 Å². The van der Waals surface area contributed by atoms with Crippen LogP contribution in [0.1, 0.15) is 0 Å². The van der Waals surface area contributed by atoms with Crippen molar-refractivity contribution >= 4 is 52.1 Å². The second kappa shape index (κ2) is 6.42. The molecule has 0 aliphatic heterocycles. The highest BCUT2D eigenvalue weighted by Crippen LogP contribution is 2.33. The molecule has 1 aromatic rings. The SMILES string of the molecule is N#CC(=NNc1c(Cl)cc(Cl)cc1Cl)C(=O)NN. The highest BCUT2D eigenvalue weighted by molar-refractivity contribution is 6.45. The molecule has 1 rings (SSSR count). The molecule has 0 aliphatic carbocycles. The van der Waals surface area contributed by atoms with E-state index in [4.69, 9.17) is 45.9 Å². The number of rotatable bonds is 3. The molecule has 1 amide bonds. The van der Waals surface area contributed by atoms with Crippen LogP contribution in [0.5, 0.6) is 0 Å². The lowest BCUT2D eigenvalue weighted by molar-refractivity contribution is -0.114. The largest absolute Gasteiger partial charge is 0.296 e. The molecule has 0 aliphatic rings. The van der Waals surface area contributed by atoms with Crippen molar-refractivity contribution in [2.75, 3.05) is 5.43 Å². The highest BCUT2D eigenvalue weighted by atomic mass is 35.5. The van der Waals surface area contributed by atoms with Gasteiger partial charge in [0.25, 0.3) is 5.91 Å². The van der Waals surface area contributed by atoms with Gasteiger partial charge in [-0.05, 0) is 12.1 Å². The molecule has 0 unspecified atom stereocenters. The number of amides is 1. The second-order valence-electron chi connectivity index (χ2n) is 2.90. The molecule has 0 fully saturated rings. The van der Waals surface area contributed by atoms with Gasteiger partial charge in [-0.25, -0.2) is 5.84 Å². The van der Waals surface area contributed by atoms with E-state index >= 15 is 0 Å². The number of nitrogens with two attached hydrogens (primary N) is 1. The zero-order valence-electron chi connectivity index (χ0n) is 8.67. The zero-order chi connectivity index (χ0) is 13.7. The molecule has 4 N–H and O–H groups in total. The number of hydrogen-bond donors (Lipinski definition) is 3. The predicted octanol–water partition coefficient (Wildman–Crippen LogP) is 1.93. The number of hydrogen-bond acceptors (Lipinski definition) is 5. The van der Waals surface area contributed by atoms with Gasteiger partial charge in [-0.3, -0.25) is 15.6 Å². The van der Waals surface area contributed by atoms with Gasteiger partial charge < -0.3 is 0 Å². The standard InChI is InChI=1S/C9H6Cl3N5O/c10-4-1-5(11)8(6(12)2-4)17-16-7(3-13)9(18)15-14/h1-2,17H,14H2,(H,15,18). The molecule has 0 aromatic heterocycles. The maximum atomic E-state index is 11.1. The van der Waals surface area contributed by atoms with E-state index in [0.717, 1.165) is 0 Å². The van der Waals surface area contributed by atoms with Crippen molar-refractivity contribution < 1.29 is 4.79 Å². The van der Waals surface area contributed by atoms with E-state index < -0.39 is 11.6 Å². The van der Waals surface area contributed by atoms with Crippen molar-refractivity contribution in [3.8, 4) is 6.07 Å². The Morgan fingerprint density at radius 1 is 1.33 bits per heavy atom. The first kappa shape index (κ1) is 14.5. The molecule has 0 saturated carbocycles. The Balaban J connectivity index is 3.03. The molecule has 0 atom stereocenters. The monoisotopic (exact) mass is 305 g/mol. The number of hydrazine groups is 1.